The van der Waals surface area contributed by atoms with E-state index >= 15 is 0 Å². The van der Waals surface area contributed by atoms with Crippen LogP contribution in [0.1, 0.15) is 18.2 Å². The molecule has 2 aliphatic rings. The number of hydrogen-bond acceptors (Lipinski definition) is 5. The number of pyridine rings is 1. The van der Waals surface area contributed by atoms with E-state index < -0.39 is 0 Å². The molecule has 4 heterocycles. The fourth-order valence-corrected chi connectivity index (χ4v) is 3.45. The van der Waals surface area contributed by atoms with Gasteiger partial charge in [0.25, 0.3) is 0 Å². The number of morpholine rings is 1. The third kappa shape index (κ3) is 2.74. The van der Waals surface area contributed by atoms with Gasteiger partial charge in [0.05, 0.1) is 13.2 Å². The molecule has 1 unspecified atom stereocenters. The number of aromatic nitrogens is 3. The molecule has 0 spiro atoms. The molecule has 0 aromatic carbocycles. The third-order valence-electron chi connectivity index (χ3n) is 4.70. The fourth-order valence-electron chi connectivity index (χ4n) is 3.45. The maximum atomic E-state index is 5.43. The molecule has 0 bridgehead atoms. The lowest BCUT2D eigenvalue weighted by atomic mass is 10.1. The molecule has 4 rings (SSSR count). The van der Waals surface area contributed by atoms with Gasteiger partial charge in [-0.1, -0.05) is 0 Å². The highest BCUT2D eigenvalue weighted by atomic mass is 16.5. The van der Waals surface area contributed by atoms with E-state index in [0.717, 1.165) is 63.6 Å². The van der Waals surface area contributed by atoms with Crippen LogP contribution in [0.2, 0.25) is 0 Å². The van der Waals surface area contributed by atoms with Gasteiger partial charge in [-0.2, -0.15) is 0 Å². The molecule has 1 N–H and O–H groups in total. The molecule has 2 saturated heterocycles. The van der Waals surface area contributed by atoms with Crippen LogP contribution in [0, 0.1) is 0 Å². The molecule has 118 valence electrons. The SMILES string of the molecule is c1cnc2c(c1)nc(C1CCNC1)n2CCN1CCOCC1. The number of nitrogens with one attached hydrogen (secondary N) is 1. The lowest BCUT2D eigenvalue weighted by Gasteiger charge is -2.27. The van der Waals surface area contributed by atoms with E-state index in [9.17, 15) is 0 Å². The minimum Gasteiger partial charge on any atom is -0.379 e. The summed E-state index contributed by atoms with van der Waals surface area (Å²) in [4.78, 5) is 11.9. The first-order chi connectivity index (χ1) is 10.9. The number of ether oxygens (including phenoxy) is 1. The molecule has 0 aliphatic carbocycles. The van der Waals surface area contributed by atoms with E-state index in [1.807, 2.05) is 12.3 Å². The number of fused-ring (bicyclic) bond motifs is 1. The van der Waals surface area contributed by atoms with Gasteiger partial charge >= 0.3 is 0 Å². The van der Waals surface area contributed by atoms with E-state index in [0.29, 0.717) is 5.92 Å². The van der Waals surface area contributed by atoms with Crippen molar-refractivity contribution in [2.75, 3.05) is 45.9 Å². The molecule has 0 radical (unpaired) electrons. The molecule has 2 aromatic rings. The molecular formula is C16H23N5O. The highest BCUT2D eigenvalue weighted by Crippen LogP contribution is 2.25. The van der Waals surface area contributed by atoms with Gasteiger partial charge in [0.2, 0.25) is 0 Å². The van der Waals surface area contributed by atoms with E-state index in [1.54, 1.807) is 0 Å². The van der Waals surface area contributed by atoms with Gasteiger partial charge in [0, 0.05) is 44.8 Å². The van der Waals surface area contributed by atoms with Crippen molar-refractivity contribution in [2.24, 2.45) is 0 Å². The second kappa shape index (κ2) is 6.32. The summed E-state index contributed by atoms with van der Waals surface area (Å²) in [5, 5.41) is 3.45. The van der Waals surface area contributed by atoms with Crippen LogP contribution >= 0.6 is 0 Å². The molecule has 6 heteroatoms. The van der Waals surface area contributed by atoms with Gasteiger partial charge < -0.3 is 14.6 Å². The molecule has 0 amide bonds. The van der Waals surface area contributed by atoms with Crippen molar-refractivity contribution in [1.29, 1.82) is 0 Å². The average molecular weight is 301 g/mol. The first-order valence-corrected chi connectivity index (χ1v) is 8.24. The van der Waals surface area contributed by atoms with Crippen molar-refractivity contribution in [3.8, 4) is 0 Å². The van der Waals surface area contributed by atoms with E-state index in [4.69, 9.17) is 9.72 Å². The summed E-state index contributed by atoms with van der Waals surface area (Å²) in [6.45, 7) is 7.87. The molecule has 1 atom stereocenters. The first kappa shape index (κ1) is 14.1. The standard InChI is InChI=1S/C16H23N5O/c1-2-14-16(18-4-1)21(7-6-20-8-10-22-11-9-20)15(19-14)13-3-5-17-12-13/h1-2,4,13,17H,3,5-12H2. The Labute approximate surface area is 130 Å². The average Bonchev–Trinajstić information content (AvgIpc) is 3.21. The second-order valence-electron chi connectivity index (χ2n) is 6.11. The minimum atomic E-state index is 0.513. The monoisotopic (exact) mass is 301 g/mol. The van der Waals surface area contributed by atoms with Crippen LogP contribution in [0.4, 0.5) is 0 Å². The molecule has 2 fully saturated rings. The zero-order valence-electron chi connectivity index (χ0n) is 12.9. The summed E-state index contributed by atoms with van der Waals surface area (Å²) < 4.78 is 7.77. The minimum absolute atomic E-state index is 0.513. The Hall–Kier alpha value is -1.50. The predicted molar refractivity (Wildman–Crippen MR) is 85.0 cm³/mol. The van der Waals surface area contributed by atoms with Crippen molar-refractivity contribution < 1.29 is 4.74 Å². The number of hydrogen-bond donors (Lipinski definition) is 1. The maximum Gasteiger partial charge on any atom is 0.160 e. The smallest absolute Gasteiger partial charge is 0.160 e. The van der Waals surface area contributed by atoms with Gasteiger partial charge in [0.1, 0.15) is 11.3 Å². The van der Waals surface area contributed by atoms with Crippen LogP contribution in [0.25, 0.3) is 11.2 Å². The van der Waals surface area contributed by atoms with Crippen LogP contribution in [0.5, 0.6) is 0 Å². The summed E-state index contributed by atoms with van der Waals surface area (Å²) in [6, 6.07) is 4.04. The van der Waals surface area contributed by atoms with Crippen molar-refractivity contribution >= 4 is 11.2 Å². The van der Waals surface area contributed by atoms with Gasteiger partial charge in [-0.05, 0) is 25.1 Å². The Kier molecular flexibility index (Phi) is 4.05. The zero-order valence-corrected chi connectivity index (χ0v) is 12.9. The highest BCUT2D eigenvalue weighted by molar-refractivity contribution is 5.71. The molecular weight excluding hydrogens is 278 g/mol. The van der Waals surface area contributed by atoms with Gasteiger partial charge in [-0.3, -0.25) is 4.90 Å². The van der Waals surface area contributed by atoms with Crippen LogP contribution in [-0.4, -0.2) is 65.4 Å². The second-order valence-corrected chi connectivity index (χ2v) is 6.11. The van der Waals surface area contributed by atoms with Crippen LogP contribution in [-0.2, 0) is 11.3 Å². The van der Waals surface area contributed by atoms with Gasteiger partial charge in [-0.25, -0.2) is 9.97 Å². The molecule has 0 saturated carbocycles. The normalized spacial score (nSPS) is 23.4. The fraction of sp³-hybridized carbons (Fsp3) is 0.625. The summed E-state index contributed by atoms with van der Waals surface area (Å²) in [7, 11) is 0. The van der Waals surface area contributed by atoms with Crippen LogP contribution < -0.4 is 5.32 Å². The van der Waals surface area contributed by atoms with Crippen molar-refractivity contribution in [2.45, 2.75) is 18.9 Å². The van der Waals surface area contributed by atoms with Crippen molar-refractivity contribution in [3.05, 3.63) is 24.2 Å². The van der Waals surface area contributed by atoms with Crippen LogP contribution in [0.3, 0.4) is 0 Å². The summed E-state index contributed by atoms with van der Waals surface area (Å²) in [6.07, 6.45) is 3.03. The zero-order chi connectivity index (χ0) is 14.8. The first-order valence-electron chi connectivity index (χ1n) is 8.24. The van der Waals surface area contributed by atoms with E-state index in [-0.39, 0.29) is 0 Å². The Morgan fingerprint density at radius 1 is 1.27 bits per heavy atom. The van der Waals surface area contributed by atoms with Crippen molar-refractivity contribution in [3.63, 3.8) is 0 Å². The number of rotatable bonds is 4. The topological polar surface area (TPSA) is 55.2 Å². The molecule has 22 heavy (non-hydrogen) atoms. The Morgan fingerprint density at radius 3 is 3.00 bits per heavy atom. The highest BCUT2D eigenvalue weighted by Gasteiger charge is 2.24. The summed E-state index contributed by atoms with van der Waals surface area (Å²) >= 11 is 0. The quantitative estimate of drug-likeness (QED) is 0.907. The Balaban J connectivity index is 1.60. The lowest BCUT2D eigenvalue weighted by Crippen LogP contribution is -2.38. The molecule has 2 aliphatic heterocycles. The van der Waals surface area contributed by atoms with Crippen LogP contribution in [0.15, 0.2) is 18.3 Å². The van der Waals surface area contributed by atoms with Crippen molar-refractivity contribution in [1.82, 2.24) is 24.8 Å². The Morgan fingerprint density at radius 2 is 2.18 bits per heavy atom. The van der Waals surface area contributed by atoms with E-state index in [1.165, 1.54) is 12.2 Å². The summed E-state index contributed by atoms with van der Waals surface area (Å²) in [5.74, 6) is 1.71. The third-order valence-corrected chi connectivity index (χ3v) is 4.70. The largest absolute Gasteiger partial charge is 0.379 e. The molecule has 6 nitrogen and oxygen atoms in total. The van der Waals surface area contributed by atoms with Gasteiger partial charge in [0.15, 0.2) is 5.65 Å². The maximum absolute atomic E-state index is 5.43. The lowest BCUT2D eigenvalue weighted by molar-refractivity contribution is 0.0364. The van der Waals surface area contributed by atoms with Gasteiger partial charge in [-0.15, -0.1) is 0 Å². The Bertz CT molecular complexity index is 628. The summed E-state index contributed by atoms with van der Waals surface area (Å²) in [5.41, 5.74) is 2.05. The van der Waals surface area contributed by atoms with E-state index in [2.05, 4.69) is 25.8 Å². The predicted octanol–water partition coefficient (Wildman–Crippen LogP) is 0.840. The number of imidazole rings is 1. The molecule has 2 aromatic heterocycles. The number of nitrogens with zero attached hydrogens (tertiary/aromatic N) is 4.